The van der Waals surface area contributed by atoms with Crippen LogP contribution in [0.4, 0.5) is 0 Å². The standard InChI is InChI=1S/C13H13ClN2O2S2/c14-13-15-8-12(19-13)20(17,18)16-11-6-5-9-3-1-2-4-10(9)7-11/h1-4,8,11,16H,5-7H2. The Morgan fingerprint density at radius 3 is 2.75 bits per heavy atom. The number of rotatable bonds is 3. The van der Waals surface area contributed by atoms with E-state index in [0.717, 1.165) is 30.6 Å². The van der Waals surface area contributed by atoms with E-state index < -0.39 is 10.0 Å². The van der Waals surface area contributed by atoms with Gasteiger partial charge in [-0.3, -0.25) is 0 Å². The third-order valence-electron chi connectivity index (χ3n) is 3.39. The highest BCUT2D eigenvalue weighted by atomic mass is 35.5. The van der Waals surface area contributed by atoms with E-state index in [-0.39, 0.29) is 14.7 Å². The van der Waals surface area contributed by atoms with Crippen LogP contribution in [0.25, 0.3) is 0 Å². The number of halogens is 1. The number of nitrogens with one attached hydrogen (secondary N) is 1. The first kappa shape index (κ1) is 14.0. The number of fused-ring (bicyclic) bond motifs is 1. The normalized spacial score (nSPS) is 18.8. The lowest BCUT2D eigenvalue weighted by Crippen LogP contribution is -2.38. The quantitative estimate of drug-likeness (QED) is 0.942. The van der Waals surface area contributed by atoms with Crippen LogP contribution in [0.1, 0.15) is 17.5 Å². The highest BCUT2D eigenvalue weighted by molar-refractivity contribution is 7.91. The fraction of sp³-hybridized carbons (Fsp3) is 0.308. The Hall–Kier alpha value is -0.950. The molecule has 1 atom stereocenters. The molecule has 1 heterocycles. The van der Waals surface area contributed by atoms with Crippen molar-refractivity contribution in [3.63, 3.8) is 0 Å². The van der Waals surface area contributed by atoms with Crippen molar-refractivity contribution in [3.05, 3.63) is 46.1 Å². The van der Waals surface area contributed by atoms with E-state index in [0.29, 0.717) is 0 Å². The van der Waals surface area contributed by atoms with Gasteiger partial charge in [0.1, 0.15) is 0 Å². The van der Waals surface area contributed by atoms with Crippen LogP contribution in [0.2, 0.25) is 4.47 Å². The molecule has 0 amide bonds. The molecule has 0 saturated carbocycles. The van der Waals surface area contributed by atoms with Gasteiger partial charge < -0.3 is 0 Å². The molecule has 1 aromatic heterocycles. The summed E-state index contributed by atoms with van der Waals surface area (Å²) in [6.07, 6.45) is 3.73. The Morgan fingerprint density at radius 1 is 1.30 bits per heavy atom. The molecule has 0 fully saturated rings. The van der Waals surface area contributed by atoms with Gasteiger partial charge in [0, 0.05) is 6.04 Å². The number of aryl methyl sites for hydroxylation is 1. The summed E-state index contributed by atoms with van der Waals surface area (Å²) in [6.45, 7) is 0. The molecular weight excluding hydrogens is 316 g/mol. The van der Waals surface area contributed by atoms with Crippen molar-refractivity contribution in [2.24, 2.45) is 0 Å². The Morgan fingerprint density at radius 2 is 2.05 bits per heavy atom. The molecule has 7 heteroatoms. The minimum atomic E-state index is -3.52. The zero-order valence-corrected chi connectivity index (χ0v) is 12.9. The number of aromatic nitrogens is 1. The lowest BCUT2D eigenvalue weighted by Gasteiger charge is -2.24. The molecule has 1 unspecified atom stereocenters. The van der Waals surface area contributed by atoms with Crippen LogP contribution in [-0.4, -0.2) is 19.4 Å². The van der Waals surface area contributed by atoms with E-state index in [9.17, 15) is 8.42 Å². The second kappa shape index (κ2) is 5.44. The Labute approximate surface area is 126 Å². The van der Waals surface area contributed by atoms with Crippen LogP contribution >= 0.6 is 22.9 Å². The highest BCUT2D eigenvalue weighted by Crippen LogP contribution is 2.25. The van der Waals surface area contributed by atoms with E-state index in [2.05, 4.69) is 21.8 Å². The van der Waals surface area contributed by atoms with Crippen LogP contribution in [0.5, 0.6) is 0 Å². The number of hydrogen-bond donors (Lipinski definition) is 1. The Bertz CT molecular complexity index is 727. The molecule has 1 N–H and O–H groups in total. The fourth-order valence-electron chi connectivity index (χ4n) is 2.44. The average Bonchev–Trinajstić information content (AvgIpc) is 2.86. The number of thiazole rings is 1. The van der Waals surface area contributed by atoms with Crippen LogP contribution in [0.3, 0.4) is 0 Å². The Kier molecular flexibility index (Phi) is 3.81. The molecule has 0 bridgehead atoms. The molecule has 0 radical (unpaired) electrons. The number of benzene rings is 1. The van der Waals surface area contributed by atoms with Crippen molar-refractivity contribution in [2.45, 2.75) is 29.5 Å². The molecule has 106 valence electrons. The van der Waals surface area contributed by atoms with Gasteiger partial charge in [0.05, 0.1) is 6.20 Å². The predicted octanol–water partition coefficient (Wildman–Crippen LogP) is 2.63. The van der Waals surface area contributed by atoms with Crippen molar-refractivity contribution < 1.29 is 8.42 Å². The minimum absolute atomic E-state index is 0.0734. The zero-order valence-electron chi connectivity index (χ0n) is 10.5. The van der Waals surface area contributed by atoms with Gasteiger partial charge in [-0.25, -0.2) is 18.1 Å². The SMILES string of the molecule is O=S(=O)(NC1CCc2ccccc2C1)c1cnc(Cl)s1. The maximum atomic E-state index is 12.2. The monoisotopic (exact) mass is 328 g/mol. The molecule has 1 aliphatic carbocycles. The number of sulfonamides is 1. The summed E-state index contributed by atoms with van der Waals surface area (Å²) >= 11 is 6.66. The lowest BCUT2D eigenvalue weighted by atomic mass is 9.89. The summed E-state index contributed by atoms with van der Waals surface area (Å²) in [4.78, 5) is 3.78. The van der Waals surface area contributed by atoms with Gasteiger partial charge in [-0.1, -0.05) is 47.2 Å². The molecule has 3 rings (SSSR count). The second-order valence-electron chi connectivity index (χ2n) is 4.76. The van der Waals surface area contributed by atoms with Crippen LogP contribution < -0.4 is 4.72 Å². The maximum Gasteiger partial charge on any atom is 0.251 e. The summed E-state index contributed by atoms with van der Waals surface area (Å²) in [5, 5.41) is 0. The fourth-order valence-corrected chi connectivity index (χ4v) is 5.02. The van der Waals surface area contributed by atoms with E-state index in [1.54, 1.807) is 0 Å². The number of nitrogens with zero attached hydrogens (tertiary/aromatic N) is 1. The van der Waals surface area contributed by atoms with Crippen molar-refractivity contribution in [3.8, 4) is 0 Å². The smallest absolute Gasteiger partial charge is 0.232 e. The molecule has 20 heavy (non-hydrogen) atoms. The molecular formula is C13H13ClN2O2S2. The first-order valence-corrected chi connectivity index (χ1v) is 8.93. The lowest BCUT2D eigenvalue weighted by molar-refractivity contribution is 0.508. The molecule has 0 saturated heterocycles. The van der Waals surface area contributed by atoms with Gasteiger partial charge in [-0.2, -0.15) is 0 Å². The Balaban J connectivity index is 1.77. The highest BCUT2D eigenvalue weighted by Gasteiger charge is 2.25. The minimum Gasteiger partial charge on any atom is -0.232 e. The summed E-state index contributed by atoms with van der Waals surface area (Å²) in [7, 11) is -3.52. The van der Waals surface area contributed by atoms with Crippen molar-refractivity contribution in [2.75, 3.05) is 0 Å². The molecule has 1 aromatic carbocycles. The summed E-state index contributed by atoms with van der Waals surface area (Å²) in [5.41, 5.74) is 2.53. The molecule has 0 spiro atoms. The van der Waals surface area contributed by atoms with Gasteiger partial charge in [-0.05, 0) is 30.4 Å². The summed E-state index contributed by atoms with van der Waals surface area (Å²) < 4.78 is 27.6. The molecule has 0 aliphatic heterocycles. The second-order valence-corrected chi connectivity index (χ2v) is 8.32. The van der Waals surface area contributed by atoms with Gasteiger partial charge in [0.25, 0.3) is 10.0 Å². The summed E-state index contributed by atoms with van der Waals surface area (Å²) in [6, 6.07) is 8.08. The molecule has 1 aliphatic rings. The van der Waals surface area contributed by atoms with Crippen molar-refractivity contribution in [1.29, 1.82) is 0 Å². The van der Waals surface area contributed by atoms with Crippen LogP contribution in [0.15, 0.2) is 34.7 Å². The van der Waals surface area contributed by atoms with Crippen molar-refractivity contribution >= 4 is 33.0 Å². The maximum absolute atomic E-state index is 12.2. The first-order chi connectivity index (χ1) is 9.54. The van der Waals surface area contributed by atoms with Crippen molar-refractivity contribution in [1.82, 2.24) is 9.71 Å². The van der Waals surface area contributed by atoms with Gasteiger partial charge in [-0.15, -0.1) is 0 Å². The molecule has 4 nitrogen and oxygen atoms in total. The third-order valence-corrected chi connectivity index (χ3v) is 6.49. The van der Waals surface area contributed by atoms with Gasteiger partial charge >= 0.3 is 0 Å². The van der Waals surface area contributed by atoms with E-state index in [1.165, 1.54) is 17.3 Å². The first-order valence-electron chi connectivity index (χ1n) is 6.25. The van der Waals surface area contributed by atoms with Gasteiger partial charge in [0.15, 0.2) is 8.68 Å². The van der Waals surface area contributed by atoms with E-state index in [4.69, 9.17) is 11.6 Å². The van der Waals surface area contributed by atoms with E-state index in [1.807, 2.05) is 12.1 Å². The summed E-state index contributed by atoms with van der Waals surface area (Å²) in [5.74, 6) is 0. The van der Waals surface area contributed by atoms with Crippen LogP contribution in [0, 0.1) is 0 Å². The third kappa shape index (κ3) is 2.88. The average molecular weight is 329 g/mol. The van der Waals surface area contributed by atoms with E-state index >= 15 is 0 Å². The zero-order chi connectivity index (χ0) is 14.2. The van der Waals surface area contributed by atoms with Crippen LogP contribution in [-0.2, 0) is 22.9 Å². The largest absolute Gasteiger partial charge is 0.251 e. The number of hydrogen-bond acceptors (Lipinski definition) is 4. The van der Waals surface area contributed by atoms with Gasteiger partial charge in [0.2, 0.25) is 0 Å². The predicted molar refractivity (Wildman–Crippen MR) is 79.7 cm³/mol. The molecule has 2 aromatic rings. The topological polar surface area (TPSA) is 59.1 Å².